The zero-order valence-electron chi connectivity index (χ0n) is 9.47. The van der Waals surface area contributed by atoms with Crippen molar-refractivity contribution in [2.45, 2.75) is 24.8 Å². The zero-order chi connectivity index (χ0) is 13.1. The van der Waals surface area contributed by atoms with Gasteiger partial charge in [0.25, 0.3) is 10.0 Å². The fourth-order valence-electron chi connectivity index (χ4n) is 1.10. The van der Waals surface area contributed by atoms with E-state index in [-0.39, 0.29) is 16.8 Å². The molecule has 4 N–H and O–H groups in total. The van der Waals surface area contributed by atoms with Crippen molar-refractivity contribution in [2.24, 2.45) is 0 Å². The van der Waals surface area contributed by atoms with Gasteiger partial charge in [0, 0.05) is 12.2 Å². The Balaban J connectivity index is 2.91. The molecule has 1 aromatic rings. The third-order valence-corrected chi connectivity index (χ3v) is 3.11. The largest absolute Gasteiger partial charge is 0.383 e. The normalized spacial score (nSPS) is 11.2. The van der Waals surface area contributed by atoms with Crippen LogP contribution >= 0.6 is 0 Å². The number of hydrogen-bond donors (Lipinski definition) is 3. The van der Waals surface area contributed by atoms with Crippen LogP contribution in [0, 0.1) is 0 Å². The van der Waals surface area contributed by atoms with Gasteiger partial charge in [-0.1, -0.05) is 0 Å². The Morgan fingerprint density at radius 3 is 2.65 bits per heavy atom. The lowest BCUT2D eigenvalue weighted by molar-refractivity contribution is 0.243. The molecule has 1 heterocycles. The van der Waals surface area contributed by atoms with Crippen molar-refractivity contribution < 1.29 is 13.2 Å². The van der Waals surface area contributed by atoms with Crippen molar-refractivity contribution in [1.29, 1.82) is 0 Å². The molecule has 94 valence electrons. The van der Waals surface area contributed by atoms with Crippen LogP contribution in [0.15, 0.2) is 23.2 Å². The van der Waals surface area contributed by atoms with Gasteiger partial charge in [0.1, 0.15) is 10.7 Å². The molecule has 0 aliphatic rings. The van der Waals surface area contributed by atoms with Gasteiger partial charge in [0.05, 0.1) is 0 Å². The minimum Gasteiger partial charge on any atom is -0.383 e. The topological polar surface area (TPSA) is 114 Å². The molecule has 0 saturated carbocycles. The minimum atomic E-state index is -3.99. The third kappa shape index (κ3) is 3.59. The van der Waals surface area contributed by atoms with E-state index < -0.39 is 16.1 Å². The highest BCUT2D eigenvalue weighted by Crippen LogP contribution is 2.13. The Kier molecular flexibility index (Phi) is 3.89. The molecular formula is C9H14N4O3S. The van der Waals surface area contributed by atoms with Crippen LogP contribution in [0.25, 0.3) is 0 Å². The molecule has 0 fully saturated rings. The number of anilines is 1. The second kappa shape index (κ2) is 5.00. The molecule has 7 nitrogen and oxygen atoms in total. The SMILES string of the molecule is CC(C)NC(=O)NS(=O)(=O)c1cccnc1N. The van der Waals surface area contributed by atoms with Gasteiger partial charge in [0.2, 0.25) is 0 Å². The fourth-order valence-corrected chi connectivity index (χ4v) is 2.10. The number of carbonyl (C=O) groups is 1. The van der Waals surface area contributed by atoms with Crippen molar-refractivity contribution >= 4 is 21.9 Å². The second-order valence-corrected chi connectivity index (χ2v) is 5.27. The molecule has 1 rings (SSSR count). The van der Waals surface area contributed by atoms with Crippen LogP contribution in [0.2, 0.25) is 0 Å². The number of pyridine rings is 1. The standard InChI is InChI=1S/C9H14N4O3S/c1-6(2)12-9(14)13-17(15,16)7-4-3-5-11-8(7)10/h3-6H,1-2H3,(H2,10,11)(H2,12,13,14). The van der Waals surface area contributed by atoms with Gasteiger partial charge in [0.15, 0.2) is 0 Å². The van der Waals surface area contributed by atoms with Crippen LogP contribution in [0.3, 0.4) is 0 Å². The van der Waals surface area contributed by atoms with Crippen molar-refractivity contribution in [2.75, 3.05) is 5.73 Å². The van der Waals surface area contributed by atoms with Crippen LogP contribution in [0.4, 0.5) is 10.6 Å². The Morgan fingerprint density at radius 2 is 2.12 bits per heavy atom. The summed E-state index contributed by atoms with van der Waals surface area (Å²) in [6, 6.07) is 1.72. The van der Waals surface area contributed by atoms with E-state index in [0.29, 0.717) is 0 Å². The summed E-state index contributed by atoms with van der Waals surface area (Å²) >= 11 is 0. The number of urea groups is 1. The summed E-state index contributed by atoms with van der Waals surface area (Å²) in [6.07, 6.45) is 1.36. The molecule has 0 saturated heterocycles. The van der Waals surface area contributed by atoms with E-state index >= 15 is 0 Å². The van der Waals surface area contributed by atoms with Crippen molar-refractivity contribution in [3.8, 4) is 0 Å². The van der Waals surface area contributed by atoms with Crippen LogP contribution in [-0.2, 0) is 10.0 Å². The Labute approximate surface area is 99.5 Å². The highest BCUT2D eigenvalue weighted by atomic mass is 32.2. The van der Waals surface area contributed by atoms with E-state index in [2.05, 4.69) is 10.3 Å². The summed E-state index contributed by atoms with van der Waals surface area (Å²) in [4.78, 5) is 14.7. The smallest absolute Gasteiger partial charge is 0.328 e. The fraction of sp³-hybridized carbons (Fsp3) is 0.333. The number of aromatic nitrogens is 1. The molecule has 8 heteroatoms. The lowest BCUT2D eigenvalue weighted by atomic mass is 10.4. The maximum absolute atomic E-state index is 11.8. The number of nitrogen functional groups attached to an aromatic ring is 1. The van der Waals surface area contributed by atoms with E-state index in [4.69, 9.17) is 5.73 Å². The number of nitrogens with one attached hydrogen (secondary N) is 2. The number of nitrogens with zero attached hydrogens (tertiary/aromatic N) is 1. The van der Waals surface area contributed by atoms with Gasteiger partial charge < -0.3 is 11.1 Å². The molecule has 0 aliphatic carbocycles. The summed E-state index contributed by atoms with van der Waals surface area (Å²) in [7, 11) is -3.99. The summed E-state index contributed by atoms with van der Waals surface area (Å²) < 4.78 is 25.4. The second-order valence-electron chi connectivity index (χ2n) is 3.62. The molecule has 0 radical (unpaired) electrons. The first-order valence-electron chi connectivity index (χ1n) is 4.86. The van der Waals surface area contributed by atoms with Crippen LogP contribution < -0.4 is 15.8 Å². The molecule has 0 aromatic carbocycles. The highest BCUT2D eigenvalue weighted by molar-refractivity contribution is 7.90. The summed E-state index contributed by atoms with van der Waals surface area (Å²) in [5.74, 6) is -0.155. The average Bonchev–Trinajstić information content (AvgIpc) is 2.15. The van der Waals surface area contributed by atoms with Crippen LogP contribution in [0.5, 0.6) is 0 Å². The molecule has 0 spiro atoms. The number of hydrogen-bond acceptors (Lipinski definition) is 5. The lowest BCUT2D eigenvalue weighted by Crippen LogP contribution is -2.42. The number of carbonyl (C=O) groups excluding carboxylic acids is 1. The number of amides is 2. The Morgan fingerprint density at radius 1 is 1.47 bits per heavy atom. The average molecular weight is 258 g/mol. The molecular weight excluding hydrogens is 244 g/mol. The summed E-state index contributed by atoms with van der Waals surface area (Å²) in [6.45, 7) is 3.43. The first-order chi connectivity index (χ1) is 7.83. The molecule has 0 atom stereocenters. The number of rotatable bonds is 3. The van der Waals surface area contributed by atoms with E-state index in [1.807, 2.05) is 4.72 Å². The Hall–Kier alpha value is -1.83. The highest BCUT2D eigenvalue weighted by Gasteiger charge is 2.20. The molecule has 1 aromatic heterocycles. The van der Waals surface area contributed by atoms with Gasteiger partial charge in [-0.25, -0.2) is 22.9 Å². The van der Waals surface area contributed by atoms with Gasteiger partial charge in [-0.05, 0) is 26.0 Å². The van der Waals surface area contributed by atoms with E-state index in [1.165, 1.54) is 18.3 Å². The van der Waals surface area contributed by atoms with Crippen molar-refractivity contribution in [3.05, 3.63) is 18.3 Å². The van der Waals surface area contributed by atoms with Gasteiger partial charge in [-0.3, -0.25) is 0 Å². The van der Waals surface area contributed by atoms with Gasteiger partial charge in [-0.15, -0.1) is 0 Å². The quantitative estimate of drug-likeness (QED) is 0.709. The summed E-state index contributed by atoms with van der Waals surface area (Å²) in [5.41, 5.74) is 5.42. The number of sulfonamides is 1. The van der Waals surface area contributed by atoms with Crippen LogP contribution in [-0.4, -0.2) is 25.5 Å². The predicted octanol–water partition coefficient (Wildman–Crippen LogP) is 0.0601. The first-order valence-corrected chi connectivity index (χ1v) is 6.35. The third-order valence-electron chi connectivity index (χ3n) is 1.74. The maximum Gasteiger partial charge on any atom is 0.328 e. The zero-order valence-corrected chi connectivity index (χ0v) is 10.3. The Bertz CT molecular complexity index is 513. The lowest BCUT2D eigenvalue weighted by Gasteiger charge is -2.11. The monoisotopic (exact) mass is 258 g/mol. The van der Waals surface area contributed by atoms with Crippen LogP contribution in [0.1, 0.15) is 13.8 Å². The number of nitrogens with two attached hydrogens (primary N) is 1. The van der Waals surface area contributed by atoms with Crippen molar-refractivity contribution in [3.63, 3.8) is 0 Å². The molecule has 17 heavy (non-hydrogen) atoms. The van der Waals surface area contributed by atoms with Gasteiger partial charge >= 0.3 is 6.03 Å². The summed E-state index contributed by atoms with van der Waals surface area (Å²) in [5, 5.41) is 2.40. The predicted molar refractivity (Wildman–Crippen MR) is 62.6 cm³/mol. The van der Waals surface area contributed by atoms with E-state index in [0.717, 1.165) is 0 Å². The van der Waals surface area contributed by atoms with E-state index in [1.54, 1.807) is 13.8 Å². The molecule has 0 bridgehead atoms. The minimum absolute atomic E-state index is 0.155. The molecule has 2 amide bonds. The molecule has 0 unspecified atom stereocenters. The first kappa shape index (κ1) is 13.2. The molecule has 0 aliphatic heterocycles. The van der Waals surface area contributed by atoms with Crippen molar-refractivity contribution in [1.82, 2.24) is 15.0 Å². The van der Waals surface area contributed by atoms with Gasteiger partial charge in [-0.2, -0.15) is 0 Å². The van der Waals surface area contributed by atoms with E-state index in [9.17, 15) is 13.2 Å². The maximum atomic E-state index is 11.8.